The number of allylic oxidation sites excluding steroid dienone is 4. The van der Waals surface area contributed by atoms with Gasteiger partial charge < -0.3 is 15.2 Å². The maximum atomic E-state index is 11.8. The molecule has 0 radical (unpaired) electrons. The second-order valence-electron chi connectivity index (χ2n) is 7.19. The molecule has 0 unspecified atom stereocenters. The molecule has 1 aliphatic rings. The van der Waals surface area contributed by atoms with Crippen LogP contribution in [0.5, 0.6) is 5.75 Å². The zero-order valence-corrected chi connectivity index (χ0v) is 20.4. The number of hydrogen-bond acceptors (Lipinski definition) is 5. The third kappa shape index (κ3) is 6.91. The molecule has 0 aliphatic heterocycles. The van der Waals surface area contributed by atoms with E-state index in [9.17, 15) is 14.7 Å². The highest BCUT2D eigenvalue weighted by Gasteiger charge is 2.16. The van der Waals surface area contributed by atoms with Crippen LogP contribution in [0.2, 0.25) is 20.1 Å². The van der Waals surface area contributed by atoms with E-state index in [1.54, 1.807) is 24.3 Å². The number of aliphatic hydroxyl groups is 1. The fourth-order valence-electron chi connectivity index (χ4n) is 3.05. The quantitative estimate of drug-likeness (QED) is 0.183. The molecule has 0 saturated carbocycles. The third-order valence-electron chi connectivity index (χ3n) is 4.67. The molecule has 0 heterocycles. The number of ether oxygens (including phenoxy) is 1. The molecule has 178 valence electrons. The van der Waals surface area contributed by atoms with Gasteiger partial charge in [-0.25, -0.2) is 5.48 Å². The highest BCUT2D eigenvalue weighted by atomic mass is 35.5. The van der Waals surface area contributed by atoms with E-state index in [1.807, 2.05) is 6.07 Å². The van der Waals surface area contributed by atoms with Crippen molar-refractivity contribution in [2.75, 3.05) is 5.32 Å². The van der Waals surface area contributed by atoms with Gasteiger partial charge in [-0.05, 0) is 66.5 Å². The number of carbonyl (C=O) groups is 2. The van der Waals surface area contributed by atoms with Crippen molar-refractivity contribution in [1.82, 2.24) is 5.48 Å². The van der Waals surface area contributed by atoms with Crippen molar-refractivity contribution in [2.24, 2.45) is 0 Å². The molecule has 0 bridgehead atoms. The molecule has 11 heteroatoms. The van der Waals surface area contributed by atoms with Crippen LogP contribution in [0.15, 0.2) is 65.7 Å². The Kier molecular flexibility index (Phi) is 8.88. The monoisotopic (exact) mass is 542 g/mol. The van der Waals surface area contributed by atoms with Gasteiger partial charge in [0.25, 0.3) is 5.91 Å². The molecular weight excluding hydrogens is 526 g/mol. The van der Waals surface area contributed by atoms with E-state index < -0.39 is 18.2 Å². The lowest BCUT2D eigenvalue weighted by Gasteiger charge is -2.13. The zero-order valence-electron chi connectivity index (χ0n) is 17.4. The van der Waals surface area contributed by atoms with Crippen LogP contribution in [0.1, 0.15) is 18.4 Å². The van der Waals surface area contributed by atoms with Gasteiger partial charge in [0.15, 0.2) is 5.75 Å². The first-order valence-electron chi connectivity index (χ1n) is 9.79. The van der Waals surface area contributed by atoms with E-state index in [0.29, 0.717) is 28.6 Å². The minimum atomic E-state index is -0.864. The second kappa shape index (κ2) is 11.6. The lowest BCUT2D eigenvalue weighted by molar-refractivity contribution is -0.132. The van der Waals surface area contributed by atoms with Crippen molar-refractivity contribution in [3.63, 3.8) is 0 Å². The van der Waals surface area contributed by atoms with Crippen LogP contribution in [0.4, 0.5) is 5.69 Å². The van der Waals surface area contributed by atoms with Crippen molar-refractivity contribution >= 4 is 63.9 Å². The molecule has 2 aromatic rings. The molecule has 3 rings (SSSR count). The summed E-state index contributed by atoms with van der Waals surface area (Å²) in [5.74, 6) is -0.883. The summed E-state index contributed by atoms with van der Waals surface area (Å²) in [5, 5.41) is 22.5. The largest absolute Gasteiger partial charge is 0.508 e. The van der Waals surface area contributed by atoms with Crippen molar-refractivity contribution in [3.05, 3.63) is 91.3 Å². The molecular formula is C23H18Cl4N2O5. The summed E-state index contributed by atoms with van der Waals surface area (Å²) in [6.07, 6.45) is 5.12. The molecule has 0 fully saturated rings. The Hall–Kier alpha value is -2.68. The standard InChI is InChI=1S/C23H18Cl4N2O5/c24-16-5-1-12(8-17(16)25)7-13-2-3-15(4-6-20(13)30)34-23-18(26)9-14(10-19(23)27)28-21(31)11-22(32)29-33/h1,3-6,8-10,30,33H,2,7,11H2,(H,28,31)(H,29,32). The molecule has 1 aliphatic carbocycles. The fourth-order valence-corrected chi connectivity index (χ4v) is 3.93. The van der Waals surface area contributed by atoms with Gasteiger partial charge in [0.2, 0.25) is 5.91 Å². The van der Waals surface area contributed by atoms with Gasteiger partial charge >= 0.3 is 0 Å². The van der Waals surface area contributed by atoms with Crippen LogP contribution in [-0.2, 0) is 16.0 Å². The number of hydroxylamine groups is 1. The lowest BCUT2D eigenvalue weighted by atomic mass is 10.0. The summed E-state index contributed by atoms with van der Waals surface area (Å²) in [6, 6.07) is 8.09. The van der Waals surface area contributed by atoms with Crippen molar-refractivity contribution < 1.29 is 24.6 Å². The Morgan fingerprint density at radius 1 is 0.941 bits per heavy atom. The van der Waals surface area contributed by atoms with Crippen molar-refractivity contribution in [2.45, 2.75) is 19.3 Å². The lowest BCUT2D eigenvalue weighted by Crippen LogP contribution is -2.25. The first kappa shape index (κ1) is 25.9. The fraction of sp³-hybridized carbons (Fsp3) is 0.130. The molecule has 34 heavy (non-hydrogen) atoms. The molecule has 2 aromatic carbocycles. The third-order valence-corrected chi connectivity index (χ3v) is 5.97. The van der Waals surface area contributed by atoms with Gasteiger partial charge in [-0.3, -0.25) is 14.8 Å². The Balaban J connectivity index is 1.71. The average Bonchev–Trinajstić information content (AvgIpc) is 2.94. The number of amides is 2. The minimum Gasteiger partial charge on any atom is -0.508 e. The van der Waals surface area contributed by atoms with E-state index in [-0.39, 0.29) is 27.2 Å². The van der Waals surface area contributed by atoms with Gasteiger partial charge in [0.05, 0.1) is 20.1 Å². The molecule has 0 atom stereocenters. The summed E-state index contributed by atoms with van der Waals surface area (Å²) in [4.78, 5) is 22.9. The van der Waals surface area contributed by atoms with E-state index >= 15 is 0 Å². The predicted molar refractivity (Wildman–Crippen MR) is 132 cm³/mol. The number of aliphatic hydroxyl groups excluding tert-OH is 1. The van der Waals surface area contributed by atoms with Gasteiger partial charge in [0.1, 0.15) is 17.9 Å². The van der Waals surface area contributed by atoms with Gasteiger partial charge in [0, 0.05) is 5.69 Å². The van der Waals surface area contributed by atoms with E-state index in [0.717, 1.165) is 11.1 Å². The van der Waals surface area contributed by atoms with Gasteiger partial charge in [-0.15, -0.1) is 0 Å². The Morgan fingerprint density at radius 3 is 2.29 bits per heavy atom. The molecule has 7 nitrogen and oxygen atoms in total. The maximum absolute atomic E-state index is 11.8. The van der Waals surface area contributed by atoms with E-state index in [2.05, 4.69) is 5.32 Å². The summed E-state index contributed by atoms with van der Waals surface area (Å²) in [6.45, 7) is 0. The number of anilines is 1. The zero-order chi connectivity index (χ0) is 24.8. The topological polar surface area (TPSA) is 108 Å². The van der Waals surface area contributed by atoms with Crippen LogP contribution < -0.4 is 15.5 Å². The Bertz CT molecular complexity index is 1200. The first-order chi connectivity index (χ1) is 16.2. The summed E-state index contributed by atoms with van der Waals surface area (Å²) in [5.41, 5.74) is 3.25. The van der Waals surface area contributed by atoms with Crippen LogP contribution in [0.3, 0.4) is 0 Å². The van der Waals surface area contributed by atoms with Gasteiger partial charge in [-0.2, -0.15) is 0 Å². The number of nitrogens with one attached hydrogen (secondary N) is 2. The molecule has 0 spiro atoms. The molecule has 4 N–H and O–H groups in total. The summed E-state index contributed by atoms with van der Waals surface area (Å²) in [7, 11) is 0. The van der Waals surface area contributed by atoms with Crippen LogP contribution >= 0.6 is 46.4 Å². The summed E-state index contributed by atoms with van der Waals surface area (Å²) < 4.78 is 5.84. The predicted octanol–water partition coefficient (Wildman–Crippen LogP) is 6.41. The number of halogens is 4. The number of benzene rings is 2. The number of hydrogen-bond donors (Lipinski definition) is 4. The first-order valence-corrected chi connectivity index (χ1v) is 11.3. The van der Waals surface area contributed by atoms with Crippen molar-refractivity contribution in [3.8, 4) is 5.75 Å². The van der Waals surface area contributed by atoms with Crippen LogP contribution in [-0.4, -0.2) is 22.1 Å². The smallest absolute Gasteiger partial charge is 0.252 e. The van der Waals surface area contributed by atoms with E-state index in [1.165, 1.54) is 23.7 Å². The molecule has 0 aromatic heterocycles. The van der Waals surface area contributed by atoms with Crippen molar-refractivity contribution in [1.29, 1.82) is 0 Å². The van der Waals surface area contributed by atoms with E-state index in [4.69, 9.17) is 56.3 Å². The van der Waals surface area contributed by atoms with Crippen LogP contribution in [0, 0.1) is 0 Å². The Morgan fingerprint density at radius 2 is 1.65 bits per heavy atom. The number of carbonyl (C=O) groups excluding carboxylic acids is 2. The summed E-state index contributed by atoms with van der Waals surface area (Å²) >= 11 is 24.6. The second-order valence-corrected chi connectivity index (χ2v) is 8.82. The minimum absolute atomic E-state index is 0.100. The normalized spacial score (nSPS) is 13.3. The Labute approximate surface area is 215 Å². The maximum Gasteiger partial charge on any atom is 0.252 e. The average molecular weight is 544 g/mol. The SMILES string of the molecule is O=C(CC(=O)Nc1cc(Cl)c(OC2=CCC(Cc3ccc(Cl)c(Cl)c3)=C(O)C=C2)c(Cl)c1)NO. The number of rotatable bonds is 7. The van der Waals surface area contributed by atoms with Crippen LogP contribution in [0.25, 0.3) is 0 Å². The highest BCUT2D eigenvalue weighted by Crippen LogP contribution is 2.38. The van der Waals surface area contributed by atoms with Gasteiger partial charge in [-0.1, -0.05) is 52.5 Å². The molecule has 2 amide bonds. The molecule has 0 saturated heterocycles. The highest BCUT2D eigenvalue weighted by molar-refractivity contribution is 6.42.